The van der Waals surface area contributed by atoms with Crippen molar-refractivity contribution in [3.05, 3.63) is 35.6 Å². The molecule has 2 rings (SSSR count). The third kappa shape index (κ3) is 6.86. The lowest BCUT2D eigenvalue weighted by Gasteiger charge is -2.31. The van der Waals surface area contributed by atoms with Crippen LogP contribution >= 0.6 is 0 Å². The molecule has 0 spiro atoms. The highest BCUT2D eigenvalue weighted by Crippen LogP contribution is 2.13. The lowest BCUT2D eigenvalue weighted by molar-refractivity contribution is -0.192. The van der Waals surface area contributed by atoms with Gasteiger partial charge in [-0.05, 0) is 24.6 Å². The van der Waals surface area contributed by atoms with Crippen LogP contribution in [0.25, 0.3) is 0 Å². The Hall–Kier alpha value is -1.67. The number of nitrogens with zero attached hydrogens (tertiary/aromatic N) is 1. The monoisotopic (exact) mass is 322 g/mol. The summed E-state index contributed by atoms with van der Waals surface area (Å²) in [5, 5.41) is 10.5. The molecule has 0 saturated carbocycles. The van der Waals surface area contributed by atoms with Gasteiger partial charge in [0.2, 0.25) is 0 Å². The second-order valence-electron chi connectivity index (χ2n) is 5.02. The largest absolute Gasteiger partial charge is 0.490 e. The average Bonchev–Trinajstić information content (AvgIpc) is 2.41. The van der Waals surface area contributed by atoms with Gasteiger partial charge in [0, 0.05) is 32.2 Å². The minimum absolute atomic E-state index is 0.160. The van der Waals surface area contributed by atoms with Gasteiger partial charge in [0.1, 0.15) is 5.82 Å². The van der Waals surface area contributed by atoms with E-state index in [0.29, 0.717) is 6.04 Å². The van der Waals surface area contributed by atoms with Crippen LogP contribution in [0.2, 0.25) is 0 Å². The Morgan fingerprint density at radius 1 is 1.36 bits per heavy atom. The Morgan fingerprint density at radius 3 is 2.36 bits per heavy atom. The van der Waals surface area contributed by atoms with Gasteiger partial charge in [0.15, 0.2) is 0 Å². The van der Waals surface area contributed by atoms with Crippen molar-refractivity contribution >= 4 is 5.97 Å². The molecule has 22 heavy (non-hydrogen) atoms. The fourth-order valence-electron chi connectivity index (χ4n) is 2.00. The summed E-state index contributed by atoms with van der Waals surface area (Å²) >= 11 is 0. The molecule has 1 heterocycles. The first-order chi connectivity index (χ1) is 10.2. The third-order valence-electron chi connectivity index (χ3n) is 3.01. The Morgan fingerprint density at radius 2 is 1.91 bits per heavy atom. The van der Waals surface area contributed by atoms with Gasteiger partial charge in [0.25, 0.3) is 0 Å². The highest BCUT2D eigenvalue weighted by Gasteiger charge is 2.38. The molecule has 8 heteroatoms. The van der Waals surface area contributed by atoms with Crippen LogP contribution < -0.4 is 5.32 Å². The number of carboxylic acid groups (broad SMARTS) is 1. The van der Waals surface area contributed by atoms with Crippen molar-refractivity contribution in [1.29, 1.82) is 0 Å². The van der Waals surface area contributed by atoms with Crippen LogP contribution in [0.15, 0.2) is 24.3 Å². The van der Waals surface area contributed by atoms with Crippen LogP contribution in [-0.4, -0.2) is 47.8 Å². The molecule has 1 aromatic rings. The van der Waals surface area contributed by atoms with Crippen molar-refractivity contribution in [2.24, 2.45) is 0 Å². The topological polar surface area (TPSA) is 52.6 Å². The van der Waals surface area contributed by atoms with Gasteiger partial charge in [-0.2, -0.15) is 13.2 Å². The number of carbonyl (C=O) groups is 1. The van der Waals surface area contributed by atoms with Crippen LogP contribution in [0.4, 0.5) is 17.6 Å². The van der Waals surface area contributed by atoms with Gasteiger partial charge >= 0.3 is 12.1 Å². The van der Waals surface area contributed by atoms with Crippen LogP contribution in [0.5, 0.6) is 0 Å². The zero-order valence-electron chi connectivity index (χ0n) is 12.0. The molecule has 1 aliphatic heterocycles. The summed E-state index contributed by atoms with van der Waals surface area (Å²) in [5.41, 5.74) is 1.19. The molecule has 2 N–H and O–H groups in total. The van der Waals surface area contributed by atoms with Gasteiger partial charge < -0.3 is 10.4 Å². The summed E-state index contributed by atoms with van der Waals surface area (Å²) in [7, 11) is 0. The van der Waals surface area contributed by atoms with E-state index in [2.05, 4.69) is 17.1 Å². The first-order valence-electron chi connectivity index (χ1n) is 6.69. The lowest BCUT2D eigenvalue weighted by Crippen LogP contribution is -2.48. The predicted molar refractivity (Wildman–Crippen MR) is 72.8 cm³/mol. The first-order valence-corrected chi connectivity index (χ1v) is 6.69. The molecule has 1 aliphatic rings. The van der Waals surface area contributed by atoms with Crippen LogP contribution in [0.1, 0.15) is 12.5 Å². The number of halogens is 4. The van der Waals surface area contributed by atoms with Crippen LogP contribution in [0.3, 0.4) is 0 Å². The second-order valence-corrected chi connectivity index (χ2v) is 5.02. The summed E-state index contributed by atoms with van der Waals surface area (Å²) in [4.78, 5) is 11.3. The summed E-state index contributed by atoms with van der Waals surface area (Å²) in [5.74, 6) is -2.92. The summed E-state index contributed by atoms with van der Waals surface area (Å²) in [6.45, 7) is 6.30. The lowest BCUT2D eigenvalue weighted by atomic mass is 10.1. The molecular formula is C14H18F4N2O2. The van der Waals surface area contributed by atoms with E-state index in [0.717, 1.165) is 26.2 Å². The summed E-state index contributed by atoms with van der Waals surface area (Å²) < 4.78 is 44.4. The maximum absolute atomic E-state index is 12.7. The maximum atomic E-state index is 12.7. The standard InChI is InChI=1S/C12H17FN2.C2HF3O2/c1-10-8-15(7-6-14-10)9-11-2-4-12(13)5-3-11;3-2(4,5)1(6)7/h2-5,10,14H,6-9H2,1H3;(H,6,7)/t10-;/m0./s1. The zero-order valence-corrected chi connectivity index (χ0v) is 12.0. The van der Waals surface area contributed by atoms with Crippen molar-refractivity contribution in [1.82, 2.24) is 10.2 Å². The molecule has 4 nitrogen and oxygen atoms in total. The molecule has 1 aromatic carbocycles. The van der Waals surface area contributed by atoms with E-state index in [1.54, 1.807) is 0 Å². The molecule has 0 aliphatic carbocycles. The number of aliphatic carboxylic acids is 1. The van der Waals surface area contributed by atoms with Gasteiger partial charge in [-0.1, -0.05) is 12.1 Å². The molecule has 0 bridgehead atoms. The normalized spacial score (nSPS) is 19.2. The molecule has 124 valence electrons. The second kappa shape index (κ2) is 8.09. The number of hydrogen-bond donors (Lipinski definition) is 2. The maximum Gasteiger partial charge on any atom is 0.490 e. The van der Waals surface area contributed by atoms with E-state index in [4.69, 9.17) is 9.90 Å². The quantitative estimate of drug-likeness (QED) is 0.820. The molecule has 0 amide bonds. The number of carboxylic acids is 1. The van der Waals surface area contributed by atoms with Crippen molar-refractivity contribution < 1.29 is 27.5 Å². The third-order valence-corrected chi connectivity index (χ3v) is 3.01. The number of alkyl halides is 3. The Balaban J connectivity index is 0.000000295. The molecule has 1 fully saturated rings. The first kappa shape index (κ1) is 18.4. The van der Waals surface area contributed by atoms with Crippen molar-refractivity contribution in [2.75, 3.05) is 19.6 Å². The van der Waals surface area contributed by atoms with E-state index >= 15 is 0 Å². The number of piperazine rings is 1. The van der Waals surface area contributed by atoms with Gasteiger partial charge in [-0.15, -0.1) is 0 Å². The molecule has 0 unspecified atom stereocenters. The number of nitrogens with one attached hydrogen (secondary N) is 1. The Bertz CT molecular complexity index is 477. The molecule has 1 saturated heterocycles. The van der Waals surface area contributed by atoms with E-state index in [1.807, 2.05) is 12.1 Å². The molecule has 1 atom stereocenters. The smallest absolute Gasteiger partial charge is 0.475 e. The van der Waals surface area contributed by atoms with E-state index in [1.165, 1.54) is 17.7 Å². The van der Waals surface area contributed by atoms with Crippen LogP contribution in [0, 0.1) is 5.82 Å². The molecule has 0 radical (unpaired) electrons. The van der Waals surface area contributed by atoms with E-state index in [9.17, 15) is 17.6 Å². The SMILES string of the molecule is C[C@H]1CN(Cc2ccc(F)cc2)CCN1.O=C(O)C(F)(F)F. The highest BCUT2D eigenvalue weighted by molar-refractivity contribution is 5.73. The minimum Gasteiger partial charge on any atom is -0.475 e. The highest BCUT2D eigenvalue weighted by atomic mass is 19.4. The van der Waals surface area contributed by atoms with Crippen molar-refractivity contribution in [3.63, 3.8) is 0 Å². The van der Waals surface area contributed by atoms with E-state index < -0.39 is 12.1 Å². The fraction of sp³-hybridized carbons (Fsp3) is 0.500. The van der Waals surface area contributed by atoms with Crippen molar-refractivity contribution in [2.45, 2.75) is 25.7 Å². The molecular weight excluding hydrogens is 304 g/mol. The number of benzene rings is 1. The zero-order chi connectivity index (χ0) is 16.8. The minimum atomic E-state index is -5.08. The number of hydrogen-bond acceptors (Lipinski definition) is 3. The van der Waals surface area contributed by atoms with Crippen molar-refractivity contribution in [3.8, 4) is 0 Å². The van der Waals surface area contributed by atoms with Gasteiger partial charge in [0.05, 0.1) is 0 Å². The molecule has 0 aromatic heterocycles. The fourth-order valence-corrected chi connectivity index (χ4v) is 2.00. The van der Waals surface area contributed by atoms with Gasteiger partial charge in [-0.3, -0.25) is 4.90 Å². The Kier molecular flexibility index (Phi) is 6.76. The summed E-state index contributed by atoms with van der Waals surface area (Å²) in [6.07, 6.45) is -5.08. The van der Waals surface area contributed by atoms with E-state index in [-0.39, 0.29) is 5.82 Å². The van der Waals surface area contributed by atoms with Crippen LogP contribution in [-0.2, 0) is 11.3 Å². The Labute approximate surface area is 125 Å². The van der Waals surface area contributed by atoms with Gasteiger partial charge in [-0.25, -0.2) is 9.18 Å². The predicted octanol–water partition coefficient (Wildman–Crippen LogP) is 2.25. The average molecular weight is 322 g/mol. The number of rotatable bonds is 2. The summed E-state index contributed by atoms with van der Waals surface area (Å²) in [6, 6.07) is 7.34.